The topological polar surface area (TPSA) is 117 Å². The number of nitrogens with one attached hydrogen (secondary N) is 2. The Labute approximate surface area is 159 Å². The first-order valence-electron chi connectivity index (χ1n) is 7.88. The Bertz CT molecular complexity index is 973. The Morgan fingerprint density at radius 2 is 2.00 bits per heavy atom. The number of rotatable bonds is 7. The number of nitrogens with zero attached hydrogens (tertiary/aromatic N) is 2. The predicted molar refractivity (Wildman–Crippen MR) is 101 cm³/mol. The second-order valence-electron chi connectivity index (χ2n) is 5.43. The van der Waals surface area contributed by atoms with E-state index in [0.717, 1.165) is 11.8 Å². The zero-order valence-electron chi connectivity index (χ0n) is 14.3. The van der Waals surface area contributed by atoms with Crippen LogP contribution in [0.5, 0.6) is 5.75 Å². The van der Waals surface area contributed by atoms with Crippen LogP contribution in [0.3, 0.4) is 0 Å². The summed E-state index contributed by atoms with van der Waals surface area (Å²) in [6.07, 6.45) is 0. The molecule has 0 aliphatic rings. The van der Waals surface area contributed by atoms with Crippen molar-refractivity contribution >= 4 is 29.3 Å². The molecule has 9 heteroatoms. The van der Waals surface area contributed by atoms with Crippen LogP contribution in [0.25, 0.3) is 11.4 Å². The Balaban J connectivity index is 1.74. The molecule has 0 spiro atoms. The molecule has 0 unspecified atom stereocenters. The van der Waals surface area contributed by atoms with Gasteiger partial charge in [0.2, 0.25) is 0 Å². The number of aliphatic carboxylic acids is 1. The van der Waals surface area contributed by atoms with E-state index < -0.39 is 5.97 Å². The fourth-order valence-electron chi connectivity index (χ4n) is 2.28. The fraction of sp³-hybridized carbons (Fsp3) is 0.111. The molecule has 0 atom stereocenters. The number of methoxy groups -OCH3 is 1. The summed E-state index contributed by atoms with van der Waals surface area (Å²) in [4.78, 5) is 26.1. The number of hydrogen-bond acceptors (Lipinski definition) is 6. The van der Waals surface area contributed by atoms with Crippen LogP contribution in [0.2, 0.25) is 0 Å². The SMILES string of the molecule is COc1cccc(NC(=O)c2cccc(-c3nnc(SCC(=O)O)[nH]3)c2)c1. The van der Waals surface area contributed by atoms with Gasteiger partial charge in [-0.3, -0.25) is 9.59 Å². The number of aromatic nitrogens is 3. The molecule has 0 aliphatic carbocycles. The van der Waals surface area contributed by atoms with E-state index in [9.17, 15) is 9.59 Å². The van der Waals surface area contributed by atoms with E-state index >= 15 is 0 Å². The van der Waals surface area contributed by atoms with E-state index in [-0.39, 0.29) is 11.7 Å². The molecule has 0 radical (unpaired) electrons. The van der Waals surface area contributed by atoms with Crippen LogP contribution in [0, 0.1) is 0 Å². The lowest BCUT2D eigenvalue weighted by Crippen LogP contribution is -2.11. The Kier molecular flexibility index (Phi) is 5.72. The summed E-state index contributed by atoms with van der Waals surface area (Å²) in [5, 5.41) is 19.8. The third-order valence-electron chi connectivity index (χ3n) is 3.52. The lowest BCUT2D eigenvalue weighted by atomic mass is 10.1. The second-order valence-corrected chi connectivity index (χ2v) is 6.39. The van der Waals surface area contributed by atoms with Crippen LogP contribution >= 0.6 is 11.8 Å². The van der Waals surface area contributed by atoms with Gasteiger partial charge in [-0.15, -0.1) is 10.2 Å². The minimum atomic E-state index is -0.936. The van der Waals surface area contributed by atoms with Crippen molar-refractivity contribution in [3.8, 4) is 17.1 Å². The van der Waals surface area contributed by atoms with E-state index in [1.807, 2.05) is 0 Å². The number of benzene rings is 2. The van der Waals surface area contributed by atoms with Gasteiger partial charge in [0, 0.05) is 22.9 Å². The number of H-pyrrole nitrogens is 1. The first-order chi connectivity index (χ1) is 13.0. The summed E-state index contributed by atoms with van der Waals surface area (Å²) in [7, 11) is 1.56. The molecule has 3 N–H and O–H groups in total. The van der Waals surface area contributed by atoms with Gasteiger partial charge in [-0.05, 0) is 24.3 Å². The lowest BCUT2D eigenvalue weighted by molar-refractivity contribution is -0.133. The zero-order chi connectivity index (χ0) is 19.2. The monoisotopic (exact) mass is 384 g/mol. The van der Waals surface area contributed by atoms with Crippen LogP contribution in [0.1, 0.15) is 10.4 Å². The fourth-order valence-corrected chi connectivity index (χ4v) is 2.81. The number of carboxylic acid groups (broad SMARTS) is 1. The summed E-state index contributed by atoms with van der Waals surface area (Å²) < 4.78 is 5.15. The average Bonchev–Trinajstić information content (AvgIpc) is 3.16. The molecule has 1 heterocycles. The number of anilines is 1. The van der Waals surface area contributed by atoms with E-state index in [4.69, 9.17) is 9.84 Å². The van der Waals surface area contributed by atoms with E-state index in [1.54, 1.807) is 55.6 Å². The molecule has 3 rings (SSSR count). The summed E-state index contributed by atoms with van der Waals surface area (Å²) >= 11 is 1.04. The molecule has 27 heavy (non-hydrogen) atoms. The largest absolute Gasteiger partial charge is 0.497 e. The molecular formula is C18H16N4O4S. The van der Waals surface area contributed by atoms with Gasteiger partial charge in [0.15, 0.2) is 11.0 Å². The van der Waals surface area contributed by atoms with E-state index in [2.05, 4.69) is 20.5 Å². The Morgan fingerprint density at radius 1 is 1.19 bits per heavy atom. The Morgan fingerprint density at radius 3 is 2.78 bits per heavy atom. The predicted octanol–water partition coefficient (Wildman–Crippen LogP) is 2.91. The van der Waals surface area contributed by atoms with Gasteiger partial charge in [0.05, 0.1) is 12.9 Å². The van der Waals surface area contributed by atoms with Gasteiger partial charge in [-0.25, -0.2) is 0 Å². The lowest BCUT2D eigenvalue weighted by Gasteiger charge is -2.07. The van der Waals surface area contributed by atoms with Gasteiger partial charge < -0.3 is 20.1 Å². The minimum Gasteiger partial charge on any atom is -0.497 e. The number of ether oxygens (including phenoxy) is 1. The number of carboxylic acids is 1. The second kappa shape index (κ2) is 8.37. The van der Waals surface area contributed by atoms with Crippen molar-refractivity contribution in [2.24, 2.45) is 0 Å². The summed E-state index contributed by atoms with van der Waals surface area (Å²) in [6, 6.07) is 14.0. The van der Waals surface area contributed by atoms with Gasteiger partial charge in [0.25, 0.3) is 5.91 Å². The molecule has 138 valence electrons. The van der Waals surface area contributed by atoms with Gasteiger partial charge in [-0.2, -0.15) is 0 Å². The van der Waals surface area contributed by atoms with Crippen LogP contribution < -0.4 is 10.1 Å². The number of carbonyl (C=O) groups excluding carboxylic acids is 1. The minimum absolute atomic E-state index is 0.113. The third-order valence-corrected chi connectivity index (χ3v) is 4.37. The summed E-state index contributed by atoms with van der Waals surface area (Å²) in [6.45, 7) is 0. The van der Waals surface area contributed by atoms with Crippen molar-refractivity contribution < 1.29 is 19.4 Å². The number of aromatic amines is 1. The molecule has 3 aromatic rings. The first-order valence-corrected chi connectivity index (χ1v) is 8.87. The molecule has 1 aromatic heterocycles. The van der Waals surface area contributed by atoms with Crippen molar-refractivity contribution in [2.75, 3.05) is 18.2 Å². The molecule has 0 bridgehead atoms. The number of thioether (sulfide) groups is 1. The average molecular weight is 384 g/mol. The quantitative estimate of drug-likeness (QED) is 0.536. The van der Waals surface area contributed by atoms with Crippen LogP contribution in [0.15, 0.2) is 53.7 Å². The first kappa shape index (κ1) is 18.5. The highest BCUT2D eigenvalue weighted by atomic mass is 32.2. The van der Waals surface area contributed by atoms with E-state index in [1.165, 1.54) is 0 Å². The smallest absolute Gasteiger partial charge is 0.313 e. The zero-order valence-corrected chi connectivity index (χ0v) is 15.1. The molecule has 0 aliphatic heterocycles. The molecule has 2 aromatic carbocycles. The normalized spacial score (nSPS) is 10.4. The van der Waals surface area contributed by atoms with Gasteiger partial charge in [-0.1, -0.05) is 30.0 Å². The van der Waals surface area contributed by atoms with E-state index in [0.29, 0.717) is 33.5 Å². The van der Waals surface area contributed by atoms with Crippen LogP contribution in [0.4, 0.5) is 5.69 Å². The van der Waals surface area contributed by atoms with Gasteiger partial charge >= 0.3 is 5.97 Å². The molecule has 1 amide bonds. The van der Waals surface area contributed by atoms with Crippen molar-refractivity contribution in [3.63, 3.8) is 0 Å². The maximum Gasteiger partial charge on any atom is 0.313 e. The van der Waals surface area contributed by atoms with Crippen molar-refractivity contribution in [1.29, 1.82) is 0 Å². The Hall–Kier alpha value is -3.33. The number of carbonyl (C=O) groups is 2. The molecular weight excluding hydrogens is 368 g/mol. The van der Waals surface area contributed by atoms with Crippen LogP contribution in [-0.2, 0) is 4.79 Å². The molecule has 0 saturated heterocycles. The summed E-state index contributed by atoms with van der Waals surface area (Å²) in [5.74, 6) is -0.217. The standard InChI is InChI=1S/C18H16N4O4S/c1-26-14-7-3-6-13(9-14)19-17(25)12-5-2-4-11(8-12)16-20-18(22-21-16)27-10-15(23)24/h2-9H,10H2,1H3,(H,19,25)(H,23,24)(H,20,21,22). The van der Waals surface area contributed by atoms with Crippen molar-refractivity contribution in [3.05, 3.63) is 54.1 Å². The maximum absolute atomic E-state index is 12.5. The third kappa shape index (κ3) is 4.85. The summed E-state index contributed by atoms with van der Waals surface area (Å²) in [5.41, 5.74) is 1.74. The van der Waals surface area contributed by atoms with Gasteiger partial charge in [0.1, 0.15) is 5.75 Å². The van der Waals surface area contributed by atoms with Crippen LogP contribution in [-0.4, -0.2) is 45.0 Å². The van der Waals surface area contributed by atoms with Crippen molar-refractivity contribution in [1.82, 2.24) is 15.2 Å². The highest BCUT2D eigenvalue weighted by Gasteiger charge is 2.11. The highest BCUT2D eigenvalue weighted by Crippen LogP contribution is 2.21. The number of amides is 1. The van der Waals surface area contributed by atoms with Crippen molar-refractivity contribution in [2.45, 2.75) is 5.16 Å². The molecule has 0 saturated carbocycles. The molecule has 0 fully saturated rings. The molecule has 8 nitrogen and oxygen atoms in total. The highest BCUT2D eigenvalue weighted by molar-refractivity contribution is 7.99. The number of hydrogen-bond donors (Lipinski definition) is 3. The maximum atomic E-state index is 12.5.